The van der Waals surface area contributed by atoms with Crippen LogP contribution >= 0.6 is 0 Å². The highest BCUT2D eigenvalue weighted by atomic mass is 16.4. The second-order valence-corrected chi connectivity index (χ2v) is 3.07. The molecule has 0 aliphatic carbocycles. The minimum atomic E-state index is -0.881. The molecule has 0 spiro atoms. The number of aliphatic carboxylic acids is 1. The van der Waals surface area contributed by atoms with E-state index in [1.165, 1.54) is 0 Å². The zero-order valence-corrected chi connectivity index (χ0v) is 7.62. The van der Waals surface area contributed by atoms with Crippen LogP contribution < -0.4 is 0 Å². The molecule has 12 heavy (non-hydrogen) atoms. The number of carboxylic acids is 1. The monoisotopic (exact) mass is 174 g/mol. The van der Waals surface area contributed by atoms with Crippen LogP contribution in [0.25, 0.3) is 0 Å². The smallest absolute Gasteiger partial charge is 0.308 e. The van der Waals surface area contributed by atoms with Crippen molar-refractivity contribution in [2.24, 2.45) is 5.92 Å². The third kappa shape index (κ3) is 5.13. The molecule has 3 heteroatoms. The van der Waals surface area contributed by atoms with Crippen molar-refractivity contribution in [3.05, 3.63) is 0 Å². The first-order valence-corrected chi connectivity index (χ1v) is 4.56. The Morgan fingerprint density at radius 1 is 1.33 bits per heavy atom. The van der Waals surface area contributed by atoms with Gasteiger partial charge in [-0.2, -0.15) is 0 Å². The summed E-state index contributed by atoms with van der Waals surface area (Å²) in [7, 11) is 0. The van der Waals surface area contributed by atoms with E-state index in [0.717, 1.165) is 25.7 Å². The lowest BCUT2D eigenvalue weighted by molar-refractivity contribution is -0.143. The van der Waals surface area contributed by atoms with Gasteiger partial charge in [-0.15, -0.1) is 0 Å². The standard InChI is InChI=1S/C9H18O3/c1-2-3-4-5-6-8(7-10)9(11)12/h8,10H,2-7H2,1H3,(H,11,12)/t8-/m1/s1. The summed E-state index contributed by atoms with van der Waals surface area (Å²) in [5, 5.41) is 17.2. The predicted molar refractivity (Wildman–Crippen MR) is 47.0 cm³/mol. The second-order valence-electron chi connectivity index (χ2n) is 3.07. The Bertz CT molecular complexity index is 123. The number of aliphatic hydroxyl groups excluding tert-OH is 1. The van der Waals surface area contributed by atoms with E-state index in [1.54, 1.807) is 0 Å². The largest absolute Gasteiger partial charge is 0.481 e. The summed E-state index contributed by atoms with van der Waals surface area (Å²) in [6.45, 7) is 1.88. The molecule has 3 nitrogen and oxygen atoms in total. The van der Waals surface area contributed by atoms with E-state index in [1.807, 2.05) is 0 Å². The molecule has 0 saturated heterocycles. The molecule has 0 bridgehead atoms. The van der Waals surface area contributed by atoms with Crippen LogP contribution in [0.1, 0.15) is 39.0 Å². The molecule has 0 amide bonds. The van der Waals surface area contributed by atoms with E-state index >= 15 is 0 Å². The van der Waals surface area contributed by atoms with Gasteiger partial charge in [-0.1, -0.05) is 32.6 Å². The summed E-state index contributed by atoms with van der Waals surface area (Å²) >= 11 is 0. The Morgan fingerprint density at radius 2 is 2.00 bits per heavy atom. The third-order valence-corrected chi connectivity index (χ3v) is 1.98. The van der Waals surface area contributed by atoms with Gasteiger partial charge in [0, 0.05) is 0 Å². The van der Waals surface area contributed by atoms with Crippen LogP contribution in [0.15, 0.2) is 0 Å². The molecule has 0 aromatic carbocycles. The van der Waals surface area contributed by atoms with Gasteiger partial charge < -0.3 is 10.2 Å². The predicted octanol–water partition coefficient (Wildman–Crippen LogP) is 1.65. The lowest BCUT2D eigenvalue weighted by Crippen LogP contribution is -2.17. The van der Waals surface area contributed by atoms with E-state index < -0.39 is 11.9 Å². The number of carboxylic acid groups (broad SMARTS) is 1. The maximum atomic E-state index is 10.4. The molecule has 0 aliphatic rings. The minimum Gasteiger partial charge on any atom is -0.481 e. The third-order valence-electron chi connectivity index (χ3n) is 1.98. The molecule has 0 fully saturated rings. The normalized spacial score (nSPS) is 12.8. The fourth-order valence-electron chi connectivity index (χ4n) is 1.11. The quantitative estimate of drug-likeness (QED) is 0.577. The maximum absolute atomic E-state index is 10.4. The molecule has 0 radical (unpaired) electrons. The molecule has 0 heterocycles. The molecular formula is C9H18O3. The molecule has 0 rings (SSSR count). The van der Waals surface area contributed by atoms with Gasteiger partial charge in [-0.25, -0.2) is 0 Å². The first kappa shape index (κ1) is 11.4. The molecule has 0 unspecified atom stereocenters. The summed E-state index contributed by atoms with van der Waals surface area (Å²) in [4.78, 5) is 10.4. The highest BCUT2D eigenvalue weighted by Gasteiger charge is 2.14. The molecule has 0 aromatic rings. The molecule has 0 aliphatic heterocycles. The maximum Gasteiger partial charge on any atom is 0.308 e. The number of aliphatic hydroxyl groups is 1. The Balaban J connectivity index is 3.38. The summed E-state index contributed by atoms with van der Waals surface area (Å²) in [5.74, 6) is -1.43. The van der Waals surface area contributed by atoms with Gasteiger partial charge in [0.05, 0.1) is 12.5 Å². The van der Waals surface area contributed by atoms with E-state index in [0.29, 0.717) is 6.42 Å². The Labute approximate surface area is 73.4 Å². The average molecular weight is 174 g/mol. The van der Waals surface area contributed by atoms with Gasteiger partial charge >= 0.3 is 5.97 Å². The van der Waals surface area contributed by atoms with Crippen LogP contribution in [-0.4, -0.2) is 22.8 Å². The van der Waals surface area contributed by atoms with Crippen LogP contribution in [0, 0.1) is 5.92 Å². The van der Waals surface area contributed by atoms with Crippen molar-refractivity contribution >= 4 is 5.97 Å². The van der Waals surface area contributed by atoms with Crippen LogP contribution in [-0.2, 0) is 4.79 Å². The van der Waals surface area contributed by atoms with E-state index in [2.05, 4.69) is 6.92 Å². The zero-order valence-electron chi connectivity index (χ0n) is 7.62. The number of rotatable bonds is 7. The summed E-state index contributed by atoms with van der Waals surface area (Å²) in [6, 6.07) is 0. The van der Waals surface area contributed by atoms with Gasteiger partial charge in [0.1, 0.15) is 0 Å². The molecule has 72 valence electrons. The Hall–Kier alpha value is -0.570. The SMILES string of the molecule is CCCCCC[C@H](CO)C(=O)O. The molecule has 1 atom stereocenters. The van der Waals surface area contributed by atoms with Crippen LogP contribution in [0.2, 0.25) is 0 Å². The lowest BCUT2D eigenvalue weighted by Gasteiger charge is -2.07. The summed E-state index contributed by atoms with van der Waals surface area (Å²) in [5.41, 5.74) is 0. The van der Waals surface area contributed by atoms with Crippen molar-refractivity contribution in [3.8, 4) is 0 Å². The van der Waals surface area contributed by atoms with Crippen molar-refractivity contribution in [1.82, 2.24) is 0 Å². The van der Waals surface area contributed by atoms with Crippen molar-refractivity contribution in [2.45, 2.75) is 39.0 Å². The topological polar surface area (TPSA) is 57.5 Å². The first-order chi connectivity index (χ1) is 5.72. The number of hydrogen-bond acceptors (Lipinski definition) is 2. The number of hydrogen-bond donors (Lipinski definition) is 2. The molecule has 2 N–H and O–H groups in total. The summed E-state index contributed by atoms with van der Waals surface area (Å²) in [6.07, 6.45) is 4.88. The fraction of sp³-hybridized carbons (Fsp3) is 0.889. The number of carbonyl (C=O) groups is 1. The van der Waals surface area contributed by atoms with E-state index in [4.69, 9.17) is 10.2 Å². The molecular weight excluding hydrogens is 156 g/mol. The van der Waals surface area contributed by atoms with Crippen LogP contribution in [0.5, 0.6) is 0 Å². The highest BCUT2D eigenvalue weighted by Crippen LogP contribution is 2.10. The average Bonchev–Trinajstić information content (AvgIpc) is 2.04. The molecule has 0 aromatic heterocycles. The fourth-order valence-corrected chi connectivity index (χ4v) is 1.11. The summed E-state index contributed by atoms with van der Waals surface area (Å²) < 4.78 is 0. The van der Waals surface area contributed by atoms with Crippen molar-refractivity contribution in [2.75, 3.05) is 6.61 Å². The second kappa shape index (κ2) is 7.10. The Morgan fingerprint density at radius 3 is 2.42 bits per heavy atom. The van der Waals surface area contributed by atoms with Gasteiger partial charge in [0.2, 0.25) is 0 Å². The van der Waals surface area contributed by atoms with Crippen LogP contribution in [0.3, 0.4) is 0 Å². The first-order valence-electron chi connectivity index (χ1n) is 4.56. The van der Waals surface area contributed by atoms with Gasteiger partial charge in [0.25, 0.3) is 0 Å². The lowest BCUT2D eigenvalue weighted by atomic mass is 10.0. The van der Waals surface area contributed by atoms with Crippen molar-refractivity contribution in [3.63, 3.8) is 0 Å². The van der Waals surface area contributed by atoms with Crippen molar-refractivity contribution < 1.29 is 15.0 Å². The number of unbranched alkanes of at least 4 members (excludes halogenated alkanes) is 3. The van der Waals surface area contributed by atoms with E-state index in [-0.39, 0.29) is 6.61 Å². The van der Waals surface area contributed by atoms with Gasteiger partial charge in [0.15, 0.2) is 0 Å². The highest BCUT2D eigenvalue weighted by molar-refractivity contribution is 5.69. The van der Waals surface area contributed by atoms with Crippen LogP contribution in [0.4, 0.5) is 0 Å². The minimum absolute atomic E-state index is 0.235. The Kier molecular flexibility index (Phi) is 6.76. The zero-order chi connectivity index (χ0) is 9.40. The van der Waals surface area contributed by atoms with Crippen molar-refractivity contribution in [1.29, 1.82) is 0 Å². The van der Waals surface area contributed by atoms with E-state index in [9.17, 15) is 4.79 Å². The molecule has 0 saturated carbocycles. The van der Waals surface area contributed by atoms with Gasteiger partial charge in [-0.05, 0) is 6.42 Å². The van der Waals surface area contributed by atoms with Gasteiger partial charge in [-0.3, -0.25) is 4.79 Å².